The van der Waals surface area contributed by atoms with Crippen LogP contribution in [0.1, 0.15) is 21.5 Å². The van der Waals surface area contributed by atoms with Crippen molar-refractivity contribution in [3.63, 3.8) is 0 Å². The van der Waals surface area contributed by atoms with Gasteiger partial charge in [-0.15, -0.1) is 0 Å². The molecule has 4 aromatic rings. The molecule has 156 valence electrons. The van der Waals surface area contributed by atoms with E-state index in [0.29, 0.717) is 17.8 Å². The molecule has 1 heterocycles. The zero-order valence-corrected chi connectivity index (χ0v) is 17.9. The first-order chi connectivity index (χ1) is 15.1. The first-order valence-electron chi connectivity index (χ1n) is 10.5. The third kappa shape index (κ3) is 4.90. The van der Waals surface area contributed by atoms with Gasteiger partial charge < -0.3 is 10.2 Å². The van der Waals surface area contributed by atoms with E-state index in [2.05, 4.69) is 31.5 Å². The Hall–Kier alpha value is -3.70. The predicted octanol–water partition coefficient (Wildman–Crippen LogP) is 3.11. The van der Waals surface area contributed by atoms with Crippen LogP contribution in [0.5, 0.6) is 0 Å². The third-order valence-corrected chi connectivity index (χ3v) is 5.13. The molecule has 0 atom stereocenters. The van der Waals surface area contributed by atoms with E-state index in [1.165, 1.54) is 10.5 Å². The summed E-state index contributed by atoms with van der Waals surface area (Å²) in [5.41, 5.74) is 5.44. The molecule has 2 N–H and O–H groups in total. The summed E-state index contributed by atoms with van der Waals surface area (Å²) in [5.74, 6) is -0.131. The minimum Gasteiger partial charge on any atom is -0.348 e. The van der Waals surface area contributed by atoms with Crippen molar-refractivity contribution in [1.29, 1.82) is 0 Å². The number of nitrogens with one attached hydrogen (secondary N) is 2. The maximum Gasteiger partial charge on any atom is 0.255 e. The number of aromatic nitrogens is 2. The lowest BCUT2D eigenvalue weighted by molar-refractivity contribution is -0.872. The highest BCUT2D eigenvalue weighted by atomic mass is 16.1. The fourth-order valence-electron chi connectivity index (χ4n) is 3.62. The van der Waals surface area contributed by atoms with Crippen molar-refractivity contribution in [1.82, 2.24) is 15.1 Å². The number of para-hydroxylation sites is 1. The van der Waals surface area contributed by atoms with Gasteiger partial charge in [-0.2, -0.15) is 5.10 Å². The van der Waals surface area contributed by atoms with E-state index in [0.717, 1.165) is 23.4 Å². The molecule has 1 aromatic heterocycles. The summed E-state index contributed by atoms with van der Waals surface area (Å²) in [6.45, 7) is 1.39. The quantitative estimate of drug-likeness (QED) is 0.491. The fourth-order valence-corrected chi connectivity index (χ4v) is 3.62. The molecule has 5 nitrogen and oxygen atoms in total. The number of hydrogen-bond donors (Lipinski definition) is 2. The van der Waals surface area contributed by atoms with Crippen molar-refractivity contribution < 1.29 is 9.69 Å². The van der Waals surface area contributed by atoms with Crippen LogP contribution in [-0.2, 0) is 13.1 Å². The molecule has 31 heavy (non-hydrogen) atoms. The lowest BCUT2D eigenvalue weighted by Crippen LogP contribution is -3.04. The second-order valence-electron chi connectivity index (χ2n) is 7.87. The highest BCUT2D eigenvalue weighted by molar-refractivity contribution is 5.99. The van der Waals surface area contributed by atoms with Gasteiger partial charge in [0.25, 0.3) is 5.91 Å². The van der Waals surface area contributed by atoms with E-state index in [1.54, 1.807) is 4.68 Å². The number of benzene rings is 3. The van der Waals surface area contributed by atoms with Gasteiger partial charge in [-0.25, -0.2) is 4.68 Å². The van der Waals surface area contributed by atoms with Gasteiger partial charge in [-0.3, -0.25) is 4.79 Å². The smallest absolute Gasteiger partial charge is 0.255 e. The van der Waals surface area contributed by atoms with Gasteiger partial charge in [-0.05, 0) is 17.7 Å². The Morgan fingerprint density at radius 1 is 0.871 bits per heavy atom. The molecule has 0 aliphatic carbocycles. The van der Waals surface area contributed by atoms with Gasteiger partial charge in [-0.1, -0.05) is 72.8 Å². The zero-order valence-electron chi connectivity index (χ0n) is 17.9. The molecule has 0 unspecified atom stereocenters. The van der Waals surface area contributed by atoms with Gasteiger partial charge in [0.15, 0.2) is 0 Å². The molecule has 0 fully saturated rings. The lowest BCUT2D eigenvalue weighted by Gasteiger charge is -2.13. The predicted molar refractivity (Wildman–Crippen MR) is 123 cm³/mol. The first-order valence-corrected chi connectivity index (χ1v) is 10.5. The monoisotopic (exact) mass is 411 g/mol. The van der Waals surface area contributed by atoms with E-state index in [1.807, 2.05) is 79.0 Å². The number of carbonyl (C=O) groups is 1. The third-order valence-electron chi connectivity index (χ3n) is 5.13. The van der Waals surface area contributed by atoms with Gasteiger partial charge >= 0.3 is 0 Å². The molecule has 0 saturated carbocycles. The van der Waals surface area contributed by atoms with Crippen LogP contribution < -0.4 is 10.2 Å². The highest BCUT2D eigenvalue weighted by Crippen LogP contribution is 2.24. The summed E-state index contributed by atoms with van der Waals surface area (Å²) in [4.78, 5) is 14.6. The number of nitrogens with zero attached hydrogens (tertiary/aromatic N) is 2. The topological polar surface area (TPSA) is 51.4 Å². The SMILES string of the molecule is C[NH+](C)Cc1ccccc1CNC(=O)c1cn(-c2ccccc2)nc1-c1ccccc1. The van der Waals surface area contributed by atoms with Crippen molar-refractivity contribution in [2.75, 3.05) is 14.1 Å². The van der Waals surface area contributed by atoms with Gasteiger partial charge in [0.2, 0.25) is 0 Å². The molecule has 0 aliphatic rings. The number of amides is 1. The Bertz CT molecular complexity index is 1150. The van der Waals surface area contributed by atoms with Crippen LogP contribution in [0.3, 0.4) is 0 Å². The summed E-state index contributed by atoms with van der Waals surface area (Å²) in [6.07, 6.45) is 1.81. The Morgan fingerprint density at radius 3 is 2.16 bits per heavy atom. The van der Waals surface area contributed by atoms with E-state index >= 15 is 0 Å². The van der Waals surface area contributed by atoms with Gasteiger partial charge in [0.05, 0.1) is 25.3 Å². The van der Waals surface area contributed by atoms with E-state index < -0.39 is 0 Å². The van der Waals surface area contributed by atoms with Crippen molar-refractivity contribution in [2.45, 2.75) is 13.1 Å². The second kappa shape index (κ2) is 9.41. The summed E-state index contributed by atoms with van der Waals surface area (Å²) >= 11 is 0. The number of hydrogen-bond acceptors (Lipinski definition) is 2. The van der Waals surface area contributed by atoms with Gasteiger partial charge in [0, 0.05) is 23.9 Å². The van der Waals surface area contributed by atoms with Crippen molar-refractivity contribution in [3.05, 3.63) is 108 Å². The Morgan fingerprint density at radius 2 is 1.48 bits per heavy atom. The van der Waals surface area contributed by atoms with Crippen LogP contribution in [-0.4, -0.2) is 29.8 Å². The number of rotatable bonds is 7. The summed E-state index contributed by atoms with van der Waals surface area (Å²) < 4.78 is 1.76. The largest absolute Gasteiger partial charge is 0.348 e. The number of quaternary nitrogens is 1. The average molecular weight is 412 g/mol. The first kappa shape index (κ1) is 20.6. The number of carbonyl (C=O) groups excluding carboxylic acids is 1. The standard InChI is InChI=1S/C26H26N4O/c1-29(2)18-22-14-10-9-13-21(22)17-27-26(31)24-19-30(23-15-7-4-8-16-23)28-25(24)20-11-5-3-6-12-20/h3-16,19H,17-18H2,1-2H3,(H,27,31)/p+1. The van der Waals surface area contributed by atoms with Crippen LogP contribution in [0.2, 0.25) is 0 Å². The van der Waals surface area contributed by atoms with Crippen LogP contribution in [0.4, 0.5) is 0 Å². The Labute approximate surface area is 183 Å². The molecule has 0 bridgehead atoms. The van der Waals surface area contributed by atoms with Crippen molar-refractivity contribution in [2.24, 2.45) is 0 Å². The molecule has 0 spiro atoms. The van der Waals surface area contributed by atoms with E-state index in [-0.39, 0.29) is 5.91 Å². The van der Waals surface area contributed by atoms with Crippen molar-refractivity contribution >= 4 is 5.91 Å². The normalized spacial score (nSPS) is 10.9. The fraction of sp³-hybridized carbons (Fsp3) is 0.154. The maximum atomic E-state index is 13.2. The van der Waals surface area contributed by atoms with E-state index in [4.69, 9.17) is 5.10 Å². The molecule has 0 radical (unpaired) electrons. The Kier molecular flexibility index (Phi) is 6.24. The molecular formula is C26H27N4O+. The highest BCUT2D eigenvalue weighted by Gasteiger charge is 2.19. The molecular weight excluding hydrogens is 384 g/mol. The van der Waals surface area contributed by atoms with Gasteiger partial charge in [0.1, 0.15) is 12.2 Å². The van der Waals surface area contributed by atoms with Crippen LogP contribution >= 0.6 is 0 Å². The molecule has 3 aromatic carbocycles. The molecule has 5 heteroatoms. The minimum absolute atomic E-state index is 0.131. The second-order valence-corrected chi connectivity index (χ2v) is 7.87. The average Bonchev–Trinajstić information content (AvgIpc) is 3.25. The van der Waals surface area contributed by atoms with E-state index in [9.17, 15) is 4.79 Å². The summed E-state index contributed by atoms with van der Waals surface area (Å²) in [5, 5.41) is 7.84. The van der Waals surface area contributed by atoms with Crippen molar-refractivity contribution in [3.8, 4) is 16.9 Å². The molecule has 1 amide bonds. The lowest BCUT2D eigenvalue weighted by atomic mass is 10.1. The zero-order chi connectivity index (χ0) is 21.6. The molecule has 4 rings (SSSR count). The Balaban J connectivity index is 1.63. The van der Waals surface area contributed by atoms with Crippen LogP contribution in [0.25, 0.3) is 16.9 Å². The maximum absolute atomic E-state index is 13.2. The molecule has 0 aliphatic heterocycles. The molecule has 0 saturated heterocycles. The van der Waals surface area contributed by atoms with Crippen LogP contribution in [0, 0.1) is 0 Å². The van der Waals surface area contributed by atoms with Crippen LogP contribution in [0.15, 0.2) is 91.1 Å². The minimum atomic E-state index is -0.131. The summed E-state index contributed by atoms with van der Waals surface area (Å²) in [6, 6.07) is 27.9. The summed E-state index contributed by atoms with van der Waals surface area (Å²) in [7, 11) is 4.25.